The van der Waals surface area contributed by atoms with E-state index in [4.69, 9.17) is 9.47 Å². The van der Waals surface area contributed by atoms with E-state index in [-0.39, 0.29) is 12.2 Å². The molecule has 1 unspecified atom stereocenters. The highest BCUT2D eigenvalue weighted by atomic mass is 16.5. The summed E-state index contributed by atoms with van der Waals surface area (Å²) in [5.74, 6) is 2.15. The molecule has 31 heavy (non-hydrogen) atoms. The first-order valence-corrected chi connectivity index (χ1v) is 11.1. The van der Waals surface area contributed by atoms with Crippen molar-refractivity contribution in [3.05, 3.63) is 47.7 Å². The fraction of sp³-hybridized carbons (Fsp3) is 0.520. The zero-order valence-corrected chi connectivity index (χ0v) is 20.4. The number of hydrogen-bond donors (Lipinski definition) is 0. The Balaban J connectivity index is 0.00000113. The van der Waals surface area contributed by atoms with Gasteiger partial charge in [-0.2, -0.15) is 0 Å². The van der Waals surface area contributed by atoms with Crippen LogP contribution in [0.4, 0.5) is 5.82 Å². The van der Waals surface area contributed by atoms with E-state index in [0.29, 0.717) is 23.1 Å². The molecular formula is C25H39N3O3. The molecule has 1 aromatic carbocycles. The quantitative estimate of drug-likeness (QED) is 0.594. The van der Waals surface area contributed by atoms with Crippen LogP contribution in [0.2, 0.25) is 0 Å². The lowest BCUT2D eigenvalue weighted by molar-refractivity contribution is 0.0990. The average Bonchev–Trinajstić information content (AvgIpc) is 3.32. The van der Waals surface area contributed by atoms with Gasteiger partial charge in [-0.1, -0.05) is 33.8 Å². The van der Waals surface area contributed by atoms with Gasteiger partial charge < -0.3 is 19.3 Å². The van der Waals surface area contributed by atoms with Gasteiger partial charge in [0.05, 0.1) is 19.8 Å². The smallest absolute Gasteiger partial charge is 0.171 e. The molecule has 1 aliphatic rings. The summed E-state index contributed by atoms with van der Waals surface area (Å²) < 4.78 is 10.5. The van der Waals surface area contributed by atoms with Crippen molar-refractivity contribution in [3.8, 4) is 11.5 Å². The predicted octanol–water partition coefficient (Wildman–Crippen LogP) is 4.72. The number of methoxy groups -OCH3 is 2. The molecule has 1 saturated heterocycles. The third kappa shape index (κ3) is 7.24. The number of likely N-dealkylation sites (N-methyl/N-ethyl adjacent to an activating group) is 1. The largest absolute Gasteiger partial charge is 0.497 e. The van der Waals surface area contributed by atoms with Crippen molar-refractivity contribution in [1.82, 2.24) is 9.88 Å². The molecule has 2 heterocycles. The zero-order chi connectivity index (χ0) is 23.4. The number of carbonyl (C=O) groups excluding carboxylic acids is 1. The Labute approximate surface area is 188 Å². The second kappa shape index (κ2) is 13.7. The van der Waals surface area contributed by atoms with Gasteiger partial charge in [0.25, 0.3) is 0 Å². The molecule has 0 N–H and O–H groups in total. The molecule has 2 aromatic rings. The van der Waals surface area contributed by atoms with E-state index < -0.39 is 0 Å². The van der Waals surface area contributed by atoms with Crippen molar-refractivity contribution >= 4 is 11.6 Å². The molecular weight excluding hydrogens is 390 g/mol. The van der Waals surface area contributed by atoms with Crippen molar-refractivity contribution in [2.24, 2.45) is 0 Å². The van der Waals surface area contributed by atoms with Gasteiger partial charge in [0, 0.05) is 37.8 Å². The first-order valence-electron chi connectivity index (χ1n) is 11.1. The first kappa shape index (κ1) is 26.4. The minimum absolute atomic E-state index is 0.00195. The topological polar surface area (TPSA) is 54.9 Å². The maximum absolute atomic E-state index is 12.7. The van der Waals surface area contributed by atoms with Crippen molar-refractivity contribution in [1.29, 1.82) is 0 Å². The van der Waals surface area contributed by atoms with Crippen molar-refractivity contribution in [2.75, 3.05) is 46.3 Å². The Kier molecular flexibility index (Phi) is 11.6. The highest BCUT2D eigenvalue weighted by Gasteiger charge is 2.24. The van der Waals surface area contributed by atoms with E-state index in [2.05, 4.69) is 28.9 Å². The lowest BCUT2D eigenvalue weighted by Gasteiger charge is -2.21. The van der Waals surface area contributed by atoms with Gasteiger partial charge in [-0.05, 0) is 44.3 Å². The summed E-state index contributed by atoms with van der Waals surface area (Å²) in [6, 6.07) is 9.79. The first-order chi connectivity index (χ1) is 15.0. The summed E-state index contributed by atoms with van der Waals surface area (Å²) in [6.45, 7) is 10.00. The van der Waals surface area contributed by atoms with Crippen LogP contribution < -0.4 is 14.4 Å². The number of rotatable bonds is 7. The van der Waals surface area contributed by atoms with Crippen LogP contribution in [-0.2, 0) is 6.42 Å². The molecule has 1 aromatic heterocycles. The average molecular weight is 430 g/mol. The van der Waals surface area contributed by atoms with Crippen LogP contribution >= 0.6 is 0 Å². The lowest BCUT2D eigenvalue weighted by Crippen LogP contribution is -2.31. The second-order valence-electron chi connectivity index (χ2n) is 7.04. The van der Waals surface area contributed by atoms with Crippen LogP contribution in [0, 0.1) is 0 Å². The predicted molar refractivity (Wildman–Crippen MR) is 129 cm³/mol. The molecule has 0 spiro atoms. The highest BCUT2D eigenvalue weighted by Crippen LogP contribution is 2.26. The zero-order valence-electron chi connectivity index (χ0n) is 20.4. The minimum atomic E-state index is -0.00195. The number of hydrogen-bond acceptors (Lipinski definition) is 6. The number of benzene rings is 1. The van der Waals surface area contributed by atoms with E-state index in [1.807, 2.05) is 39.8 Å². The molecule has 0 saturated carbocycles. The fourth-order valence-corrected chi connectivity index (χ4v) is 3.39. The fourth-order valence-electron chi connectivity index (χ4n) is 3.39. The Bertz CT molecular complexity index is 791. The molecule has 0 bridgehead atoms. The summed E-state index contributed by atoms with van der Waals surface area (Å²) in [6.07, 6.45) is 3.23. The van der Waals surface area contributed by atoms with Gasteiger partial charge in [0.15, 0.2) is 5.78 Å². The standard InChI is InChI=1S/C21H27N3O3.2C2H6/c1-23(2)16-9-10-24(14-16)21-8-5-15(13-22-21)11-19(25)18-7-6-17(26-3)12-20(18)27-4;2*1-2/h5-8,12-13,16H,9-11,14H2,1-4H3;2*1-2H3. The second-order valence-corrected chi connectivity index (χ2v) is 7.04. The number of aromatic nitrogens is 1. The van der Waals surface area contributed by atoms with Crippen molar-refractivity contribution < 1.29 is 14.3 Å². The maximum atomic E-state index is 12.7. The summed E-state index contributed by atoms with van der Waals surface area (Å²) in [7, 11) is 7.37. The highest BCUT2D eigenvalue weighted by molar-refractivity contribution is 6.00. The molecule has 0 radical (unpaired) electrons. The third-order valence-corrected chi connectivity index (χ3v) is 5.10. The Morgan fingerprint density at radius 3 is 2.32 bits per heavy atom. The van der Waals surface area contributed by atoms with Crippen LogP contribution in [0.1, 0.15) is 50.0 Å². The Morgan fingerprint density at radius 2 is 1.81 bits per heavy atom. The summed E-state index contributed by atoms with van der Waals surface area (Å²) >= 11 is 0. The normalized spacial score (nSPS) is 14.9. The summed E-state index contributed by atoms with van der Waals surface area (Å²) in [5.41, 5.74) is 1.45. The number of ketones is 1. The molecule has 6 heteroatoms. The molecule has 1 aliphatic heterocycles. The van der Waals surface area contributed by atoms with E-state index in [9.17, 15) is 4.79 Å². The van der Waals surface area contributed by atoms with Gasteiger partial charge in [-0.25, -0.2) is 4.98 Å². The monoisotopic (exact) mass is 429 g/mol. The molecule has 6 nitrogen and oxygen atoms in total. The number of pyridine rings is 1. The molecule has 1 atom stereocenters. The SMILES string of the molecule is CC.CC.COc1ccc(C(=O)Cc2ccc(N3CCC(N(C)C)C3)nc2)c(OC)c1. The Hall–Kier alpha value is -2.60. The van der Waals surface area contributed by atoms with Crippen LogP contribution in [0.5, 0.6) is 11.5 Å². The van der Waals surface area contributed by atoms with Gasteiger partial charge in [0.2, 0.25) is 0 Å². The van der Waals surface area contributed by atoms with Crippen molar-refractivity contribution in [2.45, 2.75) is 46.6 Å². The maximum Gasteiger partial charge on any atom is 0.171 e. The summed E-state index contributed by atoms with van der Waals surface area (Å²) in [4.78, 5) is 21.8. The number of anilines is 1. The van der Waals surface area contributed by atoms with Crippen LogP contribution in [0.25, 0.3) is 0 Å². The van der Waals surface area contributed by atoms with E-state index in [1.54, 1.807) is 38.6 Å². The van der Waals surface area contributed by atoms with Crippen LogP contribution in [0.3, 0.4) is 0 Å². The van der Waals surface area contributed by atoms with Gasteiger partial charge in [-0.3, -0.25) is 4.79 Å². The lowest BCUT2D eigenvalue weighted by atomic mass is 10.0. The minimum Gasteiger partial charge on any atom is -0.497 e. The Morgan fingerprint density at radius 1 is 1.10 bits per heavy atom. The van der Waals surface area contributed by atoms with Crippen molar-refractivity contribution in [3.63, 3.8) is 0 Å². The number of Topliss-reactive ketones (excluding diaryl/α,β-unsaturated/α-hetero) is 1. The molecule has 3 rings (SSSR count). The third-order valence-electron chi connectivity index (χ3n) is 5.10. The number of carbonyl (C=O) groups is 1. The molecule has 0 amide bonds. The van der Waals surface area contributed by atoms with Gasteiger partial charge >= 0.3 is 0 Å². The van der Waals surface area contributed by atoms with Crippen LogP contribution in [0.15, 0.2) is 36.5 Å². The van der Waals surface area contributed by atoms with Gasteiger partial charge in [0.1, 0.15) is 17.3 Å². The molecule has 1 fully saturated rings. The van der Waals surface area contributed by atoms with E-state index in [0.717, 1.165) is 30.9 Å². The molecule has 172 valence electrons. The van der Waals surface area contributed by atoms with Gasteiger partial charge in [-0.15, -0.1) is 0 Å². The van der Waals surface area contributed by atoms with E-state index in [1.165, 1.54) is 0 Å². The summed E-state index contributed by atoms with van der Waals surface area (Å²) in [5, 5.41) is 0. The number of nitrogens with zero attached hydrogens (tertiary/aromatic N) is 3. The molecule has 0 aliphatic carbocycles. The van der Waals surface area contributed by atoms with Crippen LogP contribution in [-0.4, -0.2) is 63.1 Å². The number of ether oxygens (including phenoxy) is 2. The van der Waals surface area contributed by atoms with E-state index >= 15 is 0 Å².